The number of aromatic carboxylic acids is 1. The molecule has 10 heteroatoms. The van der Waals surface area contributed by atoms with Crippen molar-refractivity contribution in [3.05, 3.63) is 123 Å². The van der Waals surface area contributed by atoms with E-state index in [9.17, 15) is 9.59 Å². The molecule has 6 aromatic rings. The summed E-state index contributed by atoms with van der Waals surface area (Å²) >= 11 is 3.48. The zero-order valence-electron chi connectivity index (χ0n) is 22.2. The summed E-state index contributed by atoms with van der Waals surface area (Å²) in [7, 11) is 1.53. The van der Waals surface area contributed by atoms with E-state index in [1.807, 2.05) is 30.3 Å². The Kier molecular flexibility index (Phi) is 7.28. The first-order valence-electron chi connectivity index (χ1n) is 12.8. The van der Waals surface area contributed by atoms with Crippen molar-refractivity contribution in [3.63, 3.8) is 0 Å². The molecule has 0 aliphatic carbocycles. The molecule has 2 aromatic heterocycles. The van der Waals surface area contributed by atoms with Crippen LogP contribution in [0.1, 0.15) is 21.5 Å². The molecule has 0 fully saturated rings. The van der Waals surface area contributed by atoms with E-state index < -0.39 is 5.97 Å². The Labute approximate surface area is 247 Å². The number of fused-ring (bicyclic) bond motifs is 2. The van der Waals surface area contributed by atoms with Gasteiger partial charge in [-0.05, 0) is 77.9 Å². The third kappa shape index (κ3) is 5.39. The molecule has 2 heterocycles. The largest absolute Gasteiger partial charge is 0.493 e. The number of benzene rings is 4. The molecule has 9 nitrogen and oxygen atoms in total. The van der Waals surface area contributed by atoms with Crippen LogP contribution in [-0.2, 0) is 6.61 Å². The van der Waals surface area contributed by atoms with Crippen LogP contribution in [-0.4, -0.2) is 34.1 Å². The molecule has 0 atom stereocenters. The first-order chi connectivity index (χ1) is 20.4. The molecule has 6 rings (SSSR count). The third-order valence-electron chi connectivity index (χ3n) is 6.56. The lowest BCUT2D eigenvalue weighted by atomic mass is 10.1. The molecule has 208 valence electrons. The van der Waals surface area contributed by atoms with Crippen LogP contribution in [0.25, 0.3) is 33.5 Å². The molecular formula is C32H22BrN3O6. The minimum atomic E-state index is -0.985. The van der Waals surface area contributed by atoms with Crippen molar-refractivity contribution in [1.82, 2.24) is 9.66 Å². The van der Waals surface area contributed by atoms with E-state index in [2.05, 4.69) is 21.0 Å². The number of methoxy groups -OCH3 is 1. The van der Waals surface area contributed by atoms with Gasteiger partial charge in [0.05, 0.1) is 29.8 Å². The highest BCUT2D eigenvalue weighted by Crippen LogP contribution is 2.30. The highest BCUT2D eigenvalue weighted by molar-refractivity contribution is 9.10. The third-order valence-corrected chi connectivity index (χ3v) is 7.05. The van der Waals surface area contributed by atoms with Crippen LogP contribution in [0.5, 0.6) is 11.5 Å². The highest BCUT2D eigenvalue weighted by Gasteiger charge is 2.17. The zero-order chi connectivity index (χ0) is 29.2. The van der Waals surface area contributed by atoms with Gasteiger partial charge in [0.15, 0.2) is 17.3 Å². The molecule has 0 unspecified atom stereocenters. The quantitative estimate of drug-likeness (QED) is 0.187. The van der Waals surface area contributed by atoms with E-state index >= 15 is 0 Å². The first-order valence-corrected chi connectivity index (χ1v) is 13.6. The monoisotopic (exact) mass is 623 g/mol. The van der Waals surface area contributed by atoms with E-state index in [4.69, 9.17) is 24.0 Å². The van der Waals surface area contributed by atoms with Crippen LogP contribution in [0.2, 0.25) is 0 Å². The number of carbonyl (C=O) groups is 1. The Balaban J connectivity index is 1.33. The summed E-state index contributed by atoms with van der Waals surface area (Å²) in [6, 6.07) is 26.3. The predicted octanol–water partition coefficient (Wildman–Crippen LogP) is 6.74. The normalized spacial score (nSPS) is 11.4. The summed E-state index contributed by atoms with van der Waals surface area (Å²) in [6.45, 7) is 0.222. The van der Waals surface area contributed by atoms with Gasteiger partial charge in [-0.1, -0.05) is 40.2 Å². The molecule has 0 saturated carbocycles. The van der Waals surface area contributed by atoms with Gasteiger partial charge in [-0.2, -0.15) is 9.78 Å². The van der Waals surface area contributed by atoms with Gasteiger partial charge in [0.1, 0.15) is 12.2 Å². The molecule has 0 bridgehead atoms. The average molecular weight is 624 g/mol. The van der Waals surface area contributed by atoms with Crippen LogP contribution in [0.15, 0.2) is 110 Å². The number of rotatable bonds is 8. The second kappa shape index (κ2) is 11.3. The molecule has 0 saturated heterocycles. The van der Waals surface area contributed by atoms with Crippen LogP contribution < -0.4 is 15.0 Å². The standard InChI is InChI=1S/C32H22BrN3O6/c1-40-28-14-20(8-12-27(28)41-18-19-6-9-21(10-7-19)32(38)39)17-34-36-30(35-25-5-3-2-4-24(25)31(36)37)29-16-22-15-23(33)11-13-26(22)42-29/h2-17H,18H2,1H3,(H,38,39). The van der Waals surface area contributed by atoms with Gasteiger partial charge in [-0.15, -0.1) is 0 Å². The van der Waals surface area contributed by atoms with Gasteiger partial charge in [-0.3, -0.25) is 4.79 Å². The lowest BCUT2D eigenvalue weighted by Crippen LogP contribution is -2.20. The van der Waals surface area contributed by atoms with E-state index in [0.29, 0.717) is 39.3 Å². The minimum absolute atomic E-state index is 0.206. The Bertz CT molecular complexity index is 2050. The molecule has 0 amide bonds. The Morgan fingerprint density at radius 3 is 2.62 bits per heavy atom. The average Bonchev–Trinajstić information content (AvgIpc) is 3.43. The van der Waals surface area contributed by atoms with E-state index in [0.717, 1.165) is 15.4 Å². The second-order valence-electron chi connectivity index (χ2n) is 9.31. The maximum atomic E-state index is 13.6. The lowest BCUT2D eigenvalue weighted by Gasteiger charge is -2.12. The number of halogens is 1. The molecule has 42 heavy (non-hydrogen) atoms. The van der Waals surface area contributed by atoms with Crippen LogP contribution in [0, 0.1) is 0 Å². The summed E-state index contributed by atoms with van der Waals surface area (Å²) in [6.07, 6.45) is 1.54. The Morgan fingerprint density at radius 1 is 1.02 bits per heavy atom. The Hall–Kier alpha value is -5.22. The fourth-order valence-corrected chi connectivity index (χ4v) is 4.81. The Morgan fingerprint density at radius 2 is 1.83 bits per heavy atom. The van der Waals surface area contributed by atoms with Crippen molar-refractivity contribution in [3.8, 4) is 23.1 Å². The smallest absolute Gasteiger partial charge is 0.335 e. The van der Waals surface area contributed by atoms with Gasteiger partial charge in [0.2, 0.25) is 5.82 Å². The number of carboxylic acid groups (broad SMARTS) is 1. The number of hydrogen-bond acceptors (Lipinski definition) is 7. The molecule has 0 spiro atoms. The summed E-state index contributed by atoms with van der Waals surface area (Å²) in [5.41, 5.74) is 2.52. The van der Waals surface area contributed by atoms with Crippen LogP contribution in [0.4, 0.5) is 0 Å². The lowest BCUT2D eigenvalue weighted by molar-refractivity contribution is 0.0697. The highest BCUT2D eigenvalue weighted by atomic mass is 79.9. The minimum Gasteiger partial charge on any atom is -0.493 e. The van der Waals surface area contributed by atoms with Gasteiger partial charge in [0, 0.05) is 9.86 Å². The van der Waals surface area contributed by atoms with E-state index in [1.54, 1.807) is 48.5 Å². The van der Waals surface area contributed by atoms with Crippen molar-refractivity contribution >= 4 is 50.0 Å². The maximum absolute atomic E-state index is 13.6. The van der Waals surface area contributed by atoms with Crippen molar-refractivity contribution in [1.29, 1.82) is 0 Å². The molecule has 0 radical (unpaired) electrons. The number of ether oxygens (including phenoxy) is 2. The number of carboxylic acids is 1. The molecule has 4 aromatic carbocycles. The van der Waals surface area contributed by atoms with Gasteiger partial charge in [0.25, 0.3) is 5.56 Å². The van der Waals surface area contributed by atoms with Crippen LogP contribution >= 0.6 is 15.9 Å². The van der Waals surface area contributed by atoms with Crippen molar-refractivity contribution in [2.45, 2.75) is 6.61 Å². The summed E-state index contributed by atoms with van der Waals surface area (Å²) in [4.78, 5) is 29.3. The van der Waals surface area contributed by atoms with Crippen LogP contribution in [0.3, 0.4) is 0 Å². The topological polar surface area (TPSA) is 116 Å². The van der Waals surface area contributed by atoms with Gasteiger partial charge in [-0.25, -0.2) is 9.78 Å². The number of nitrogens with zero attached hydrogens (tertiary/aromatic N) is 3. The molecule has 0 aliphatic heterocycles. The molecule has 1 N–H and O–H groups in total. The van der Waals surface area contributed by atoms with Gasteiger partial charge >= 0.3 is 5.97 Å². The first kappa shape index (κ1) is 27.0. The van der Waals surface area contributed by atoms with Crippen molar-refractivity contribution in [2.75, 3.05) is 7.11 Å². The zero-order valence-corrected chi connectivity index (χ0v) is 23.7. The van der Waals surface area contributed by atoms with Crippen molar-refractivity contribution < 1.29 is 23.8 Å². The molecule has 0 aliphatic rings. The summed E-state index contributed by atoms with van der Waals surface area (Å²) < 4.78 is 19.6. The number of hydrogen-bond donors (Lipinski definition) is 1. The second-order valence-corrected chi connectivity index (χ2v) is 10.2. The van der Waals surface area contributed by atoms with Crippen molar-refractivity contribution in [2.24, 2.45) is 5.10 Å². The number of para-hydroxylation sites is 1. The molecular weight excluding hydrogens is 602 g/mol. The summed E-state index contributed by atoms with van der Waals surface area (Å²) in [5, 5.41) is 14.9. The SMILES string of the molecule is COc1cc(C=Nn2c(-c3cc4cc(Br)ccc4o3)nc3ccccc3c2=O)ccc1OCc1ccc(C(=O)O)cc1. The predicted molar refractivity (Wildman–Crippen MR) is 163 cm³/mol. The summed E-state index contributed by atoms with van der Waals surface area (Å²) in [5.74, 6) is 0.647. The van der Waals surface area contributed by atoms with E-state index in [1.165, 1.54) is 30.1 Å². The maximum Gasteiger partial charge on any atom is 0.335 e. The number of furan rings is 1. The fourth-order valence-electron chi connectivity index (χ4n) is 4.43. The van der Waals surface area contributed by atoms with E-state index in [-0.39, 0.29) is 23.6 Å². The van der Waals surface area contributed by atoms with Gasteiger partial charge < -0.3 is 19.0 Å². The number of aromatic nitrogens is 2. The fraction of sp³-hybridized carbons (Fsp3) is 0.0625.